The lowest BCUT2D eigenvalue weighted by Crippen LogP contribution is -2.43. The van der Waals surface area contributed by atoms with Gasteiger partial charge in [-0.3, -0.25) is 9.59 Å². The average Bonchev–Trinajstić information content (AvgIpc) is 3.31. The number of ether oxygens (including phenoxy) is 1. The lowest BCUT2D eigenvalue weighted by molar-refractivity contribution is -0.121. The monoisotopic (exact) mass is 404 g/mol. The minimum atomic E-state index is -0.287. The Morgan fingerprint density at radius 3 is 2.63 bits per heavy atom. The Kier molecular flexibility index (Phi) is 5.84. The first-order valence-electron chi connectivity index (χ1n) is 10.1. The second-order valence-corrected chi connectivity index (χ2v) is 7.47. The molecule has 2 amide bonds. The largest absolute Gasteiger partial charge is 0.459 e. The second-order valence-electron chi connectivity index (χ2n) is 7.47. The number of carbonyl (C=O) groups excluding carboxylic acids is 2. The van der Waals surface area contributed by atoms with Gasteiger partial charge in [0.2, 0.25) is 5.91 Å². The quantitative estimate of drug-likeness (QED) is 0.658. The van der Waals surface area contributed by atoms with Gasteiger partial charge in [0.25, 0.3) is 5.91 Å². The summed E-state index contributed by atoms with van der Waals surface area (Å²) in [6.07, 6.45) is 2.98. The minimum absolute atomic E-state index is 0.119. The zero-order chi connectivity index (χ0) is 20.9. The first kappa shape index (κ1) is 19.8. The number of aryl methyl sites for hydroxylation is 1. The van der Waals surface area contributed by atoms with Crippen molar-refractivity contribution in [2.75, 3.05) is 18.4 Å². The van der Waals surface area contributed by atoms with Gasteiger partial charge < -0.3 is 19.4 Å². The van der Waals surface area contributed by atoms with Crippen molar-refractivity contribution in [3.05, 3.63) is 78.3 Å². The molecule has 6 nitrogen and oxygen atoms in total. The number of benzene rings is 2. The fourth-order valence-corrected chi connectivity index (χ4v) is 3.56. The third kappa shape index (κ3) is 4.54. The minimum Gasteiger partial charge on any atom is -0.459 e. The molecule has 2 heterocycles. The van der Waals surface area contributed by atoms with E-state index in [0.29, 0.717) is 36.0 Å². The number of furan rings is 1. The van der Waals surface area contributed by atoms with Crippen LogP contribution in [0.25, 0.3) is 0 Å². The molecule has 1 aliphatic heterocycles. The fraction of sp³-hybridized carbons (Fsp3) is 0.250. The van der Waals surface area contributed by atoms with Crippen LogP contribution < -0.4 is 10.1 Å². The first-order valence-corrected chi connectivity index (χ1v) is 10.1. The Hall–Kier alpha value is -3.54. The molecule has 1 atom stereocenters. The van der Waals surface area contributed by atoms with Crippen LogP contribution in [0.2, 0.25) is 0 Å². The van der Waals surface area contributed by atoms with Crippen LogP contribution in [0.1, 0.15) is 29.0 Å². The van der Waals surface area contributed by atoms with Crippen molar-refractivity contribution < 1.29 is 18.7 Å². The van der Waals surface area contributed by atoms with Crippen molar-refractivity contribution >= 4 is 17.5 Å². The van der Waals surface area contributed by atoms with Gasteiger partial charge in [-0.05, 0) is 56.2 Å². The molecule has 0 saturated carbocycles. The maximum absolute atomic E-state index is 12.9. The summed E-state index contributed by atoms with van der Waals surface area (Å²) >= 11 is 0. The van der Waals surface area contributed by atoms with E-state index in [2.05, 4.69) is 5.32 Å². The SMILES string of the molecule is Cc1ccc(Oc2ccccc2NC(=O)[C@H]2CCCN(C(=O)c3ccco3)C2)cc1. The van der Waals surface area contributed by atoms with Gasteiger partial charge in [-0.2, -0.15) is 0 Å². The summed E-state index contributed by atoms with van der Waals surface area (Å²) in [6, 6.07) is 18.4. The van der Waals surface area contributed by atoms with E-state index in [0.717, 1.165) is 18.4 Å². The number of hydrogen-bond acceptors (Lipinski definition) is 4. The van der Waals surface area contributed by atoms with E-state index in [1.54, 1.807) is 17.0 Å². The lowest BCUT2D eigenvalue weighted by atomic mass is 9.96. The average molecular weight is 404 g/mol. The van der Waals surface area contributed by atoms with Gasteiger partial charge in [0.1, 0.15) is 5.75 Å². The molecule has 0 radical (unpaired) electrons. The normalized spacial score (nSPS) is 16.2. The van der Waals surface area contributed by atoms with Crippen LogP contribution in [-0.4, -0.2) is 29.8 Å². The summed E-state index contributed by atoms with van der Waals surface area (Å²) in [4.78, 5) is 27.2. The van der Waals surface area contributed by atoms with Crippen molar-refractivity contribution in [1.29, 1.82) is 0 Å². The Morgan fingerprint density at radius 2 is 1.87 bits per heavy atom. The number of hydrogen-bond donors (Lipinski definition) is 1. The lowest BCUT2D eigenvalue weighted by Gasteiger charge is -2.31. The van der Waals surface area contributed by atoms with E-state index in [1.165, 1.54) is 6.26 Å². The zero-order valence-electron chi connectivity index (χ0n) is 16.8. The number of piperidine rings is 1. The van der Waals surface area contributed by atoms with Gasteiger partial charge in [0.05, 0.1) is 17.9 Å². The van der Waals surface area contributed by atoms with E-state index in [9.17, 15) is 9.59 Å². The smallest absolute Gasteiger partial charge is 0.289 e. The number of carbonyl (C=O) groups is 2. The number of nitrogens with zero attached hydrogens (tertiary/aromatic N) is 1. The standard InChI is InChI=1S/C24H24N2O4/c1-17-10-12-19(13-11-17)30-21-8-3-2-7-20(21)25-23(27)18-6-4-14-26(16-18)24(28)22-9-5-15-29-22/h2-3,5,7-13,15,18H,4,6,14,16H2,1H3,(H,25,27)/t18-/m0/s1. The summed E-state index contributed by atoms with van der Waals surface area (Å²) in [6.45, 7) is 3.00. The van der Waals surface area contributed by atoms with Crippen LogP contribution in [0, 0.1) is 12.8 Å². The number of likely N-dealkylation sites (tertiary alicyclic amines) is 1. The molecule has 154 valence electrons. The van der Waals surface area contributed by atoms with Crippen molar-refractivity contribution in [3.63, 3.8) is 0 Å². The van der Waals surface area contributed by atoms with E-state index in [-0.39, 0.29) is 17.7 Å². The topological polar surface area (TPSA) is 71.8 Å². The molecule has 0 spiro atoms. The van der Waals surface area contributed by atoms with Crippen LogP contribution in [0.3, 0.4) is 0 Å². The number of para-hydroxylation sites is 2. The van der Waals surface area contributed by atoms with Crippen LogP contribution in [-0.2, 0) is 4.79 Å². The Balaban J connectivity index is 1.43. The third-order valence-electron chi connectivity index (χ3n) is 5.21. The van der Waals surface area contributed by atoms with Gasteiger partial charge >= 0.3 is 0 Å². The Morgan fingerprint density at radius 1 is 1.07 bits per heavy atom. The van der Waals surface area contributed by atoms with Crippen LogP contribution in [0.5, 0.6) is 11.5 Å². The molecule has 1 fully saturated rings. The molecule has 30 heavy (non-hydrogen) atoms. The van der Waals surface area contributed by atoms with Crippen molar-refractivity contribution in [3.8, 4) is 11.5 Å². The molecule has 1 saturated heterocycles. The third-order valence-corrected chi connectivity index (χ3v) is 5.21. The molecule has 1 aliphatic rings. The summed E-state index contributed by atoms with van der Waals surface area (Å²) in [7, 11) is 0. The highest BCUT2D eigenvalue weighted by Gasteiger charge is 2.30. The molecule has 3 aromatic rings. The van der Waals surface area contributed by atoms with Gasteiger partial charge in [0, 0.05) is 13.1 Å². The highest BCUT2D eigenvalue weighted by molar-refractivity contribution is 5.95. The van der Waals surface area contributed by atoms with Gasteiger partial charge in [0.15, 0.2) is 11.5 Å². The molecule has 6 heteroatoms. The predicted molar refractivity (Wildman–Crippen MR) is 114 cm³/mol. The number of anilines is 1. The van der Waals surface area contributed by atoms with E-state index >= 15 is 0 Å². The van der Waals surface area contributed by atoms with Gasteiger partial charge in [-0.15, -0.1) is 0 Å². The van der Waals surface area contributed by atoms with Crippen LogP contribution >= 0.6 is 0 Å². The molecule has 0 aliphatic carbocycles. The zero-order valence-corrected chi connectivity index (χ0v) is 16.8. The molecular weight excluding hydrogens is 380 g/mol. The maximum atomic E-state index is 12.9. The van der Waals surface area contributed by atoms with E-state index < -0.39 is 0 Å². The van der Waals surface area contributed by atoms with Gasteiger partial charge in [-0.25, -0.2) is 0 Å². The summed E-state index contributed by atoms with van der Waals surface area (Å²) in [5.41, 5.74) is 1.76. The highest BCUT2D eigenvalue weighted by Crippen LogP contribution is 2.30. The molecule has 0 bridgehead atoms. The summed E-state index contributed by atoms with van der Waals surface area (Å²) < 4.78 is 11.2. The predicted octanol–water partition coefficient (Wildman–Crippen LogP) is 4.87. The van der Waals surface area contributed by atoms with Gasteiger partial charge in [-0.1, -0.05) is 29.8 Å². The number of nitrogens with one attached hydrogen (secondary N) is 1. The van der Waals surface area contributed by atoms with Crippen molar-refractivity contribution in [1.82, 2.24) is 4.90 Å². The highest BCUT2D eigenvalue weighted by atomic mass is 16.5. The Labute approximate surface area is 175 Å². The molecule has 1 N–H and O–H groups in total. The van der Waals surface area contributed by atoms with Crippen molar-refractivity contribution in [2.24, 2.45) is 5.92 Å². The molecule has 0 unspecified atom stereocenters. The molecule has 1 aromatic heterocycles. The maximum Gasteiger partial charge on any atom is 0.289 e. The van der Waals surface area contributed by atoms with Crippen LogP contribution in [0.15, 0.2) is 71.3 Å². The molecular formula is C24H24N2O4. The molecule has 2 aromatic carbocycles. The second kappa shape index (κ2) is 8.86. The van der Waals surface area contributed by atoms with E-state index in [1.807, 2.05) is 55.5 Å². The van der Waals surface area contributed by atoms with Crippen LogP contribution in [0.4, 0.5) is 5.69 Å². The molecule has 4 rings (SSSR count). The summed E-state index contributed by atoms with van der Waals surface area (Å²) in [5.74, 6) is 0.995. The van der Waals surface area contributed by atoms with Crippen molar-refractivity contribution in [2.45, 2.75) is 19.8 Å². The van der Waals surface area contributed by atoms with E-state index in [4.69, 9.17) is 9.15 Å². The number of amides is 2. The summed E-state index contributed by atoms with van der Waals surface area (Å²) in [5, 5.41) is 2.98. The Bertz CT molecular complexity index is 1010. The first-order chi connectivity index (χ1) is 14.6. The fourth-order valence-electron chi connectivity index (χ4n) is 3.56. The number of rotatable bonds is 5.